The highest BCUT2D eigenvalue weighted by Crippen LogP contribution is 2.33. The molecule has 2 atom stereocenters. The van der Waals surface area contributed by atoms with E-state index in [4.69, 9.17) is 9.47 Å². The Hall–Kier alpha value is -4.34. The average molecular weight is 482 g/mol. The molecule has 0 bridgehead atoms. The number of nitrogens with one attached hydrogen (secondary N) is 2. The first kappa shape index (κ1) is 25.3. The molecule has 1 aliphatic heterocycles. The van der Waals surface area contributed by atoms with Gasteiger partial charge in [0, 0.05) is 18.8 Å². The van der Waals surface area contributed by atoms with E-state index in [0.717, 1.165) is 11.1 Å². The Kier molecular flexibility index (Phi) is 7.75. The number of carboxylic acids is 1. The van der Waals surface area contributed by atoms with Gasteiger partial charge in [0.2, 0.25) is 0 Å². The molecule has 10 nitrogen and oxygen atoms in total. The number of benzene rings is 2. The minimum absolute atomic E-state index is 0.321. The molecule has 3 amide bonds. The van der Waals surface area contributed by atoms with E-state index in [2.05, 4.69) is 10.6 Å². The zero-order valence-corrected chi connectivity index (χ0v) is 19.8. The third-order valence-electron chi connectivity index (χ3n) is 5.60. The number of Topliss-reactive ketones (excluding diaryl/α,β-unsaturated/α-hetero) is 1. The summed E-state index contributed by atoms with van der Waals surface area (Å²) >= 11 is 0. The number of methoxy groups -OCH3 is 2. The third kappa shape index (κ3) is 5.78. The van der Waals surface area contributed by atoms with E-state index >= 15 is 0 Å². The van der Waals surface area contributed by atoms with Crippen LogP contribution >= 0.6 is 0 Å². The van der Waals surface area contributed by atoms with Gasteiger partial charge >= 0.3 is 12.0 Å². The van der Waals surface area contributed by atoms with E-state index in [9.17, 15) is 24.3 Å². The molecule has 2 unspecified atom stereocenters. The van der Waals surface area contributed by atoms with Crippen LogP contribution in [0.5, 0.6) is 11.5 Å². The van der Waals surface area contributed by atoms with Gasteiger partial charge in [0.05, 0.1) is 26.7 Å². The first-order valence-corrected chi connectivity index (χ1v) is 10.7. The lowest BCUT2D eigenvalue weighted by Gasteiger charge is -2.27. The second-order valence-corrected chi connectivity index (χ2v) is 8.02. The fraction of sp³-hybridized carbons (Fsp3) is 0.280. The summed E-state index contributed by atoms with van der Waals surface area (Å²) in [7, 11) is 4.55. The quantitative estimate of drug-likeness (QED) is 0.493. The van der Waals surface area contributed by atoms with Gasteiger partial charge in [-0.05, 0) is 41.8 Å². The van der Waals surface area contributed by atoms with Crippen LogP contribution in [0.2, 0.25) is 0 Å². The van der Waals surface area contributed by atoms with Gasteiger partial charge < -0.3 is 30.1 Å². The molecule has 184 valence electrons. The lowest BCUT2D eigenvalue weighted by molar-refractivity contribution is -0.138. The predicted octanol–water partition coefficient (Wildman–Crippen LogP) is 2.50. The van der Waals surface area contributed by atoms with Gasteiger partial charge in [-0.25, -0.2) is 4.79 Å². The molecule has 35 heavy (non-hydrogen) atoms. The second kappa shape index (κ2) is 10.7. The molecule has 0 aromatic heterocycles. The molecule has 1 aliphatic rings. The SMILES string of the molecule is COc1ccc(-c2cccc(C(CC(=O)O)NC(=O)NC3C(=O)C(C)=CN(C)C3=O)c2)cc1OC. The molecule has 1 heterocycles. The summed E-state index contributed by atoms with van der Waals surface area (Å²) in [5.74, 6) is -1.13. The zero-order valence-electron chi connectivity index (χ0n) is 19.8. The fourth-order valence-corrected chi connectivity index (χ4v) is 3.80. The highest BCUT2D eigenvalue weighted by molar-refractivity contribution is 6.16. The minimum atomic E-state index is -1.38. The molecule has 0 spiro atoms. The van der Waals surface area contributed by atoms with Crippen molar-refractivity contribution in [3.8, 4) is 22.6 Å². The van der Waals surface area contributed by atoms with Crippen LogP contribution in [0.4, 0.5) is 4.79 Å². The third-order valence-corrected chi connectivity index (χ3v) is 5.60. The van der Waals surface area contributed by atoms with Crippen LogP contribution in [0.15, 0.2) is 54.2 Å². The number of ether oxygens (including phenoxy) is 2. The maximum absolute atomic E-state index is 12.7. The summed E-state index contributed by atoms with van der Waals surface area (Å²) in [4.78, 5) is 50.2. The van der Waals surface area contributed by atoms with Gasteiger partial charge in [-0.3, -0.25) is 14.4 Å². The predicted molar refractivity (Wildman–Crippen MR) is 127 cm³/mol. The number of nitrogens with zero attached hydrogens (tertiary/aromatic N) is 1. The Labute approximate surface area is 202 Å². The fourth-order valence-electron chi connectivity index (χ4n) is 3.80. The van der Waals surface area contributed by atoms with Gasteiger partial charge in [-0.1, -0.05) is 24.3 Å². The van der Waals surface area contributed by atoms with Crippen LogP contribution in [0.25, 0.3) is 11.1 Å². The monoisotopic (exact) mass is 481 g/mol. The van der Waals surface area contributed by atoms with Crippen molar-refractivity contribution < 1.29 is 33.8 Å². The van der Waals surface area contributed by atoms with E-state index in [1.165, 1.54) is 32.4 Å². The first-order chi connectivity index (χ1) is 16.6. The van der Waals surface area contributed by atoms with Crippen molar-refractivity contribution in [2.75, 3.05) is 21.3 Å². The number of ketones is 1. The normalized spacial score (nSPS) is 16.3. The summed E-state index contributed by atoms with van der Waals surface area (Å²) < 4.78 is 10.6. The minimum Gasteiger partial charge on any atom is -0.493 e. The summed E-state index contributed by atoms with van der Waals surface area (Å²) in [5, 5.41) is 14.4. The topological polar surface area (TPSA) is 134 Å². The molecule has 0 aliphatic carbocycles. The van der Waals surface area contributed by atoms with E-state index in [1.54, 1.807) is 37.3 Å². The molecule has 0 saturated carbocycles. The molecule has 3 rings (SSSR count). The number of carboxylic acid groups (broad SMARTS) is 1. The Morgan fingerprint density at radius 2 is 1.74 bits per heavy atom. The molecular formula is C25H27N3O7. The number of urea groups is 1. The molecule has 0 radical (unpaired) electrons. The lowest BCUT2D eigenvalue weighted by atomic mass is 9.97. The first-order valence-electron chi connectivity index (χ1n) is 10.7. The van der Waals surface area contributed by atoms with Crippen molar-refractivity contribution in [2.45, 2.75) is 25.4 Å². The number of amides is 3. The lowest BCUT2D eigenvalue weighted by Crippen LogP contribution is -2.56. The largest absolute Gasteiger partial charge is 0.493 e. The zero-order chi connectivity index (χ0) is 25.7. The highest BCUT2D eigenvalue weighted by Gasteiger charge is 2.35. The maximum atomic E-state index is 12.7. The molecule has 0 fully saturated rings. The number of aliphatic carboxylic acids is 1. The van der Waals surface area contributed by atoms with Crippen molar-refractivity contribution in [3.63, 3.8) is 0 Å². The standard InChI is InChI=1S/C25H27N3O7/c1-14-13-28(2)24(32)22(23(14)31)27-25(33)26-18(12-21(29)30)17-7-5-6-15(10-17)16-8-9-19(34-3)20(11-16)35-4/h5-11,13,18,22H,12H2,1-4H3,(H,29,30)(H2,26,27,33). The molecule has 0 saturated heterocycles. The van der Waals surface area contributed by atoms with Crippen LogP contribution in [0.1, 0.15) is 24.9 Å². The summed E-state index contributed by atoms with van der Waals surface area (Å²) in [6.45, 7) is 1.55. The Bertz CT molecular complexity index is 1190. The number of hydrogen-bond acceptors (Lipinski definition) is 6. The Morgan fingerprint density at radius 1 is 1.06 bits per heavy atom. The number of likely N-dealkylation sites (N-methyl/N-ethyl adjacent to an activating group) is 1. The van der Waals surface area contributed by atoms with Gasteiger partial charge in [0.25, 0.3) is 5.91 Å². The van der Waals surface area contributed by atoms with Gasteiger partial charge in [0.1, 0.15) is 0 Å². The maximum Gasteiger partial charge on any atom is 0.316 e. The summed E-state index contributed by atoms with van der Waals surface area (Å²) in [6.07, 6.45) is 0.988. The molecule has 3 N–H and O–H groups in total. The van der Waals surface area contributed by atoms with Crippen molar-refractivity contribution in [1.82, 2.24) is 15.5 Å². The molecule has 2 aromatic rings. The van der Waals surface area contributed by atoms with Crippen LogP contribution in [-0.4, -0.2) is 61.0 Å². The van der Waals surface area contributed by atoms with E-state index < -0.39 is 42.2 Å². The van der Waals surface area contributed by atoms with Crippen LogP contribution < -0.4 is 20.1 Å². The van der Waals surface area contributed by atoms with E-state index in [0.29, 0.717) is 22.6 Å². The number of carbonyl (C=O) groups excluding carboxylic acids is 3. The molecular weight excluding hydrogens is 454 g/mol. The molecule has 2 aromatic carbocycles. The van der Waals surface area contributed by atoms with Crippen LogP contribution in [-0.2, 0) is 14.4 Å². The van der Waals surface area contributed by atoms with Gasteiger partial charge in [-0.2, -0.15) is 0 Å². The average Bonchev–Trinajstić information content (AvgIpc) is 2.84. The number of rotatable bonds is 8. The van der Waals surface area contributed by atoms with Crippen molar-refractivity contribution in [3.05, 3.63) is 59.8 Å². The van der Waals surface area contributed by atoms with Crippen molar-refractivity contribution in [1.29, 1.82) is 0 Å². The summed E-state index contributed by atoms with van der Waals surface area (Å²) in [6, 6.07) is 9.28. The molecule has 10 heteroatoms. The van der Waals surface area contributed by atoms with Gasteiger partial charge in [0.15, 0.2) is 23.3 Å². The van der Waals surface area contributed by atoms with Crippen LogP contribution in [0.3, 0.4) is 0 Å². The van der Waals surface area contributed by atoms with Crippen molar-refractivity contribution in [2.24, 2.45) is 0 Å². The van der Waals surface area contributed by atoms with Crippen LogP contribution in [0, 0.1) is 0 Å². The van der Waals surface area contributed by atoms with E-state index in [-0.39, 0.29) is 0 Å². The summed E-state index contributed by atoms with van der Waals surface area (Å²) in [5.41, 5.74) is 2.42. The Balaban J connectivity index is 1.84. The van der Waals surface area contributed by atoms with Crippen molar-refractivity contribution >= 4 is 23.7 Å². The Morgan fingerprint density at radius 3 is 2.40 bits per heavy atom. The van der Waals surface area contributed by atoms with E-state index in [1.807, 2.05) is 12.1 Å². The smallest absolute Gasteiger partial charge is 0.316 e. The highest BCUT2D eigenvalue weighted by atomic mass is 16.5. The second-order valence-electron chi connectivity index (χ2n) is 8.02. The van der Waals surface area contributed by atoms with Gasteiger partial charge in [-0.15, -0.1) is 0 Å². The number of carbonyl (C=O) groups is 4. The number of hydrogen-bond donors (Lipinski definition) is 3.